The molecule has 3 fully saturated rings. The van der Waals surface area contributed by atoms with Crippen molar-refractivity contribution in [3.8, 4) is 5.75 Å². The van der Waals surface area contributed by atoms with Gasteiger partial charge in [-0.2, -0.15) is 13.2 Å². The van der Waals surface area contributed by atoms with Gasteiger partial charge in [0.25, 0.3) is 11.8 Å². The Morgan fingerprint density at radius 3 is 2.39 bits per heavy atom. The first-order valence-corrected chi connectivity index (χ1v) is 25.0. The number of hydrogen-bond acceptors (Lipinski definition) is 10. The average molecular weight is 1040 g/mol. The van der Waals surface area contributed by atoms with E-state index in [0.717, 1.165) is 22.9 Å². The number of amides is 5. The molecule has 1 spiro atoms. The fraction of sp³-hybridized carbons (Fsp3) is 0.382. The molecule has 74 heavy (non-hydrogen) atoms. The van der Waals surface area contributed by atoms with Crippen molar-refractivity contribution in [2.75, 3.05) is 55.4 Å². The molecule has 4 aromatic carbocycles. The molecule has 0 saturated carbocycles. The minimum atomic E-state index is -4.73. The van der Waals surface area contributed by atoms with Crippen molar-refractivity contribution in [1.29, 1.82) is 0 Å². The number of piperidine rings is 1. The summed E-state index contributed by atoms with van der Waals surface area (Å²) in [7, 11) is 1.42. The molecule has 0 bridgehead atoms. The minimum absolute atomic E-state index is 0.0612. The Morgan fingerprint density at radius 1 is 0.932 bits per heavy atom. The molecular formula is C55H55ClF4N8O6. The Bertz CT molecular complexity index is 3070. The number of hydrogen-bond donors (Lipinski definition) is 3. The number of ether oxygens (including phenoxy) is 1. The van der Waals surface area contributed by atoms with Crippen molar-refractivity contribution < 1.29 is 46.3 Å². The number of aromatic nitrogens is 1. The van der Waals surface area contributed by atoms with Crippen LogP contribution in [-0.2, 0) is 39.1 Å². The van der Waals surface area contributed by atoms with E-state index in [0.29, 0.717) is 49.3 Å². The molecule has 386 valence electrons. The molecule has 6 heterocycles. The Kier molecular flexibility index (Phi) is 13.2. The summed E-state index contributed by atoms with van der Waals surface area (Å²) < 4.78 is 65.2. The predicted octanol–water partition coefficient (Wildman–Crippen LogP) is 8.40. The van der Waals surface area contributed by atoms with Gasteiger partial charge in [0.2, 0.25) is 17.7 Å². The van der Waals surface area contributed by atoms with Crippen LogP contribution in [-0.4, -0.2) is 107 Å². The highest BCUT2D eigenvalue weighted by molar-refractivity contribution is 6.30. The van der Waals surface area contributed by atoms with Gasteiger partial charge in [-0.1, -0.05) is 74.8 Å². The van der Waals surface area contributed by atoms with Crippen LogP contribution < -0.4 is 25.6 Å². The van der Waals surface area contributed by atoms with Gasteiger partial charge in [-0.25, -0.2) is 4.39 Å². The number of nitrogens with one attached hydrogen (secondary N) is 3. The first-order valence-electron chi connectivity index (χ1n) is 24.6. The Hall–Kier alpha value is -7.05. The van der Waals surface area contributed by atoms with Crippen LogP contribution in [0.2, 0.25) is 5.02 Å². The lowest BCUT2D eigenvalue weighted by Crippen LogP contribution is -2.52. The third-order valence-corrected chi connectivity index (χ3v) is 15.5. The maximum absolute atomic E-state index is 16.9. The zero-order chi connectivity index (χ0) is 52.4. The molecule has 3 N–H and O–H groups in total. The van der Waals surface area contributed by atoms with Crippen LogP contribution in [0.1, 0.15) is 94.6 Å². The number of likely N-dealkylation sites (tertiary alicyclic amines) is 1. The lowest BCUT2D eigenvalue weighted by molar-refractivity contribution is -0.141. The van der Waals surface area contributed by atoms with Crippen LogP contribution in [0.3, 0.4) is 0 Å². The molecule has 5 atom stereocenters. The fourth-order valence-electron chi connectivity index (χ4n) is 11.8. The number of halogens is 5. The number of rotatable bonds is 10. The Labute approximate surface area is 430 Å². The highest BCUT2D eigenvalue weighted by atomic mass is 35.5. The molecule has 1 unspecified atom stereocenters. The second-order valence-electron chi connectivity index (χ2n) is 20.9. The van der Waals surface area contributed by atoms with E-state index in [9.17, 15) is 32.3 Å². The summed E-state index contributed by atoms with van der Waals surface area (Å²) in [5.74, 6) is -3.46. The molecule has 5 aromatic rings. The number of methoxy groups -OCH3 is 1. The highest BCUT2D eigenvalue weighted by Crippen LogP contribution is 2.60. The standard InChI is InChI=1S/C55H55ClF4N8O6/c1-53(2,3)26-44-54(30-62-40-25-43(55(58,59)60)61-27-37(40)54)46(36-11-8-12-38(56)47(36)57)48(68(44)28-31-9-6-5-7-10-31)50(71)63-39-16-13-32(24-42(39)74-4)51(72)66-21-19-65(20-22-66)34-14-15-35-33(23-34)29-67(52(35)73)41-17-18-45(69)64-49(41)70/h5-16,23-25,27,41,44,46,48,62H,17-22,26,28-30H2,1-4H3,(H,63,71)(H,64,69,70)/t41?,44-,46-,48+,54-/m0/s1. The van der Waals surface area contributed by atoms with Crippen molar-refractivity contribution in [3.05, 3.63) is 147 Å². The van der Waals surface area contributed by atoms with Gasteiger partial charge in [0.1, 0.15) is 23.3 Å². The van der Waals surface area contributed by atoms with E-state index >= 15 is 9.18 Å². The van der Waals surface area contributed by atoms with Crippen LogP contribution in [0.5, 0.6) is 5.75 Å². The van der Waals surface area contributed by atoms with Gasteiger partial charge in [-0.05, 0) is 83.5 Å². The predicted molar refractivity (Wildman–Crippen MR) is 269 cm³/mol. The summed E-state index contributed by atoms with van der Waals surface area (Å²) >= 11 is 6.53. The van der Waals surface area contributed by atoms with Crippen molar-refractivity contribution in [2.45, 2.75) is 88.8 Å². The second kappa shape index (κ2) is 19.3. The van der Waals surface area contributed by atoms with E-state index < -0.39 is 64.4 Å². The molecule has 0 radical (unpaired) electrons. The van der Waals surface area contributed by atoms with E-state index in [1.165, 1.54) is 24.3 Å². The molecule has 5 aliphatic heterocycles. The monoisotopic (exact) mass is 1030 g/mol. The smallest absolute Gasteiger partial charge is 0.433 e. The Morgan fingerprint density at radius 2 is 1.69 bits per heavy atom. The molecule has 3 saturated heterocycles. The van der Waals surface area contributed by atoms with Crippen molar-refractivity contribution >= 4 is 58.2 Å². The molecule has 19 heteroatoms. The summed E-state index contributed by atoms with van der Waals surface area (Å²) in [6, 6.07) is 22.9. The fourth-order valence-corrected chi connectivity index (χ4v) is 12.0. The average Bonchev–Trinajstić information content (AvgIpc) is 4.04. The SMILES string of the molecule is COc1cc(C(=O)N2CCN(c3ccc4c(c3)CN(C3CCC(=O)NC3=O)C4=O)CC2)ccc1NC(=O)[C@H]1[C@H](c2cccc(Cl)c2F)[C@]2(CNc3cc(C(F)(F)F)ncc32)[C@H](CC(C)(C)C)N1Cc1ccccc1. The summed E-state index contributed by atoms with van der Waals surface area (Å²) in [5, 5.41) is 8.47. The van der Waals surface area contributed by atoms with E-state index in [4.69, 9.17) is 16.3 Å². The van der Waals surface area contributed by atoms with Crippen LogP contribution in [0.15, 0.2) is 97.2 Å². The van der Waals surface area contributed by atoms with Gasteiger partial charge in [0, 0.05) is 104 Å². The van der Waals surface area contributed by atoms with Crippen molar-refractivity contribution in [1.82, 2.24) is 25.0 Å². The normalized spacial score (nSPS) is 22.9. The van der Waals surface area contributed by atoms with E-state index in [1.807, 2.05) is 68.1 Å². The first kappa shape index (κ1) is 50.5. The summed E-state index contributed by atoms with van der Waals surface area (Å²) in [4.78, 5) is 78.7. The van der Waals surface area contributed by atoms with E-state index in [2.05, 4.69) is 25.8 Å². The number of carbonyl (C=O) groups excluding carboxylic acids is 5. The van der Waals surface area contributed by atoms with Gasteiger partial charge >= 0.3 is 6.18 Å². The molecule has 10 rings (SSSR count). The van der Waals surface area contributed by atoms with Crippen molar-refractivity contribution in [2.24, 2.45) is 5.41 Å². The van der Waals surface area contributed by atoms with Gasteiger partial charge < -0.3 is 30.1 Å². The first-order chi connectivity index (χ1) is 35.2. The number of benzene rings is 4. The maximum Gasteiger partial charge on any atom is 0.433 e. The number of alkyl halides is 3. The van der Waals surface area contributed by atoms with Crippen molar-refractivity contribution in [3.63, 3.8) is 0 Å². The largest absolute Gasteiger partial charge is 0.495 e. The van der Waals surface area contributed by atoms with Gasteiger partial charge in [0.05, 0.1) is 23.9 Å². The molecular weight excluding hydrogens is 980 g/mol. The van der Waals surface area contributed by atoms with E-state index in [-0.39, 0.29) is 77.9 Å². The number of anilines is 3. The number of nitrogens with zero attached hydrogens (tertiary/aromatic N) is 5. The van der Waals surface area contributed by atoms with Crippen LogP contribution in [0.4, 0.5) is 34.6 Å². The van der Waals surface area contributed by atoms with Gasteiger partial charge in [0.15, 0.2) is 0 Å². The summed E-state index contributed by atoms with van der Waals surface area (Å²) in [6.45, 7) is 8.40. The topological polar surface area (TPSA) is 157 Å². The Balaban J connectivity index is 0.931. The molecule has 0 aliphatic carbocycles. The third-order valence-electron chi connectivity index (χ3n) is 15.2. The van der Waals surface area contributed by atoms with Crippen LogP contribution >= 0.6 is 11.6 Å². The number of imide groups is 1. The van der Waals surface area contributed by atoms with E-state index in [1.54, 1.807) is 41.3 Å². The summed E-state index contributed by atoms with van der Waals surface area (Å²) in [6.07, 6.45) is -2.64. The molecule has 14 nitrogen and oxygen atoms in total. The zero-order valence-corrected chi connectivity index (χ0v) is 41.9. The molecule has 5 amide bonds. The number of fused-ring (bicyclic) bond motifs is 3. The van der Waals surface area contributed by atoms with Gasteiger partial charge in [-0.3, -0.25) is 39.2 Å². The summed E-state index contributed by atoms with van der Waals surface area (Å²) in [5.41, 5.74) is 1.62. The minimum Gasteiger partial charge on any atom is -0.495 e. The van der Waals surface area contributed by atoms with Crippen LogP contribution in [0, 0.1) is 11.2 Å². The number of piperazine rings is 1. The van der Waals surface area contributed by atoms with Gasteiger partial charge in [-0.15, -0.1) is 0 Å². The number of carbonyl (C=O) groups is 5. The molecule has 5 aliphatic rings. The number of pyridine rings is 1. The third kappa shape index (κ3) is 9.20. The van der Waals surface area contributed by atoms with Crippen LogP contribution in [0.25, 0.3) is 0 Å². The second-order valence-corrected chi connectivity index (χ2v) is 21.3. The lowest BCUT2D eigenvalue weighted by Gasteiger charge is -2.41. The zero-order valence-electron chi connectivity index (χ0n) is 41.2. The maximum atomic E-state index is 16.9. The quantitative estimate of drug-likeness (QED) is 0.0918. The lowest BCUT2D eigenvalue weighted by atomic mass is 9.63. The molecule has 1 aromatic heterocycles. The highest BCUT2D eigenvalue weighted by Gasteiger charge is 2.65.